The molecular weight excluding hydrogens is 1020 g/mol. The van der Waals surface area contributed by atoms with Crippen LogP contribution in [-0.2, 0) is 33.2 Å². The van der Waals surface area contributed by atoms with Gasteiger partial charge in [0, 0.05) is 6.42 Å². The smallest absolute Gasteiger partial charge is 0.220 e. The average molecular weight is 1130 g/mol. The lowest BCUT2D eigenvalue weighted by Gasteiger charge is -2.48. The van der Waals surface area contributed by atoms with E-state index < -0.39 is 124 Å². The maximum Gasteiger partial charge on any atom is 0.220 e. The molecule has 0 aliphatic carbocycles. The number of hydrogen-bond donors (Lipinski definition) is 12. The molecule has 17 atom stereocenters. The van der Waals surface area contributed by atoms with Crippen LogP contribution in [0, 0.1) is 0 Å². The van der Waals surface area contributed by atoms with E-state index >= 15 is 0 Å². The van der Waals surface area contributed by atoms with Crippen molar-refractivity contribution in [3.8, 4) is 0 Å². The molecule has 79 heavy (non-hydrogen) atoms. The molecule has 3 aliphatic rings. The Morgan fingerprint density at radius 1 is 0.456 bits per heavy atom. The van der Waals surface area contributed by atoms with Crippen LogP contribution >= 0.6 is 0 Å². The van der Waals surface area contributed by atoms with E-state index in [-0.39, 0.29) is 18.9 Å². The summed E-state index contributed by atoms with van der Waals surface area (Å²) < 4.78 is 34.2. The number of rotatable bonds is 43. The van der Waals surface area contributed by atoms with Gasteiger partial charge in [-0.3, -0.25) is 4.79 Å². The number of carbonyl (C=O) groups excluding carboxylic acids is 1. The fourth-order valence-corrected chi connectivity index (χ4v) is 9.77. The molecule has 0 aromatic carbocycles. The Morgan fingerprint density at radius 3 is 1.38 bits per heavy atom. The summed E-state index contributed by atoms with van der Waals surface area (Å²) in [5.41, 5.74) is 0. The van der Waals surface area contributed by atoms with Gasteiger partial charge in [-0.1, -0.05) is 164 Å². The fraction of sp³-hybridized carbons (Fsp3) is 0.817. The third-order valence-electron chi connectivity index (χ3n) is 14.8. The predicted octanol–water partition coefficient (Wildman–Crippen LogP) is 5.26. The van der Waals surface area contributed by atoms with Gasteiger partial charge in [0.25, 0.3) is 0 Å². The van der Waals surface area contributed by atoms with Crippen LogP contribution < -0.4 is 5.32 Å². The van der Waals surface area contributed by atoms with E-state index in [4.69, 9.17) is 28.4 Å². The van der Waals surface area contributed by atoms with Crippen molar-refractivity contribution < 1.29 is 89.4 Å². The fourth-order valence-electron chi connectivity index (χ4n) is 9.77. The van der Waals surface area contributed by atoms with Crippen molar-refractivity contribution in [1.82, 2.24) is 5.32 Å². The summed E-state index contributed by atoms with van der Waals surface area (Å²) in [6, 6.07) is -1.00. The second kappa shape index (κ2) is 43.2. The molecule has 0 spiro atoms. The summed E-state index contributed by atoms with van der Waals surface area (Å²) in [5, 5.41) is 120. The van der Waals surface area contributed by atoms with Gasteiger partial charge in [0.1, 0.15) is 73.2 Å². The first kappa shape index (κ1) is 70.8. The number of unbranched alkanes of at least 4 members (excludes halogenated alkanes) is 19. The van der Waals surface area contributed by atoms with Crippen LogP contribution in [0.4, 0.5) is 0 Å². The summed E-state index contributed by atoms with van der Waals surface area (Å²) in [6.07, 6.45) is 22.0. The zero-order valence-electron chi connectivity index (χ0n) is 47.6. The van der Waals surface area contributed by atoms with Gasteiger partial charge in [-0.2, -0.15) is 0 Å². The third-order valence-corrected chi connectivity index (χ3v) is 14.8. The number of aliphatic hydroxyl groups excluding tert-OH is 11. The highest BCUT2D eigenvalue weighted by molar-refractivity contribution is 5.76. The summed E-state index contributed by atoms with van der Waals surface area (Å²) in [5.74, 6) is -0.307. The van der Waals surface area contributed by atoms with Crippen molar-refractivity contribution in [2.75, 3.05) is 26.4 Å². The Morgan fingerprint density at radius 2 is 0.861 bits per heavy atom. The first-order valence-corrected chi connectivity index (χ1v) is 30.0. The Bertz CT molecular complexity index is 1680. The summed E-state index contributed by atoms with van der Waals surface area (Å²) in [4.78, 5) is 13.3. The molecular formula is C60H105NO18. The molecule has 0 bridgehead atoms. The Balaban J connectivity index is 1.53. The lowest BCUT2D eigenvalue weighted by atomic mass is 9.96. The molecule has 3 fully saturated rings. The van der Waals surface area contributed by atoms with E-state index in [2.05, 4.69) is 67.8 Å². The maximum atomic E-state index is 13.3. The molecule has 0 aromatic rings. The molecule has 0 radical (unpaired) electrons. The van der Waals surface area contributed by atoms with Crippen molar-refractivity contribution in [2.45, 2.75) is 285 Å². The molecule has 19 heteroatoms. The van der Waals surface area contributed by atoms with E-state index in [1.54, 1.807) is 6.08 Å². The molecule has 1 amide bonds. The number of nitrogens with one attached hydrogen (secondary N) is 1. The van der Waals surface area contributed by atoms with Crippen molar-refractivity contribution in [1.29, 1.82) is 0 Å². The SMILES string of the molecule is CCCC/C=C\C/C=C\CCCCCCCC(=O)NC(COC1OC(CO)C(OC2OC(CO)C(OC3OC(CO)C(O)C(O)C3O)C(O)C2O)C(O)C1O)C(O)/C=C/CC/C=C/CC/C=C/CCCCCCCCCCCC. The van der Waals surface area contributed by atoms with Gasteiger partial charge >= 0.3 is 0 Å². The number of aliphatic hydroxyl groups is 11. The van der Waals surface area contributed by atoms with Crippen molar-refractivity contribution in [3.05, 3.63) is 60.8 Å². The van der Waals surface area contributed by atoms with E-state index in [0.717, 1.165) is 70.6 Å². The van der Waals surface area contributed by atoms with Crippen LogP contribution in [0.25, 0.3) is 0 Å². The number of hydrogen-bond acceptors (Lipinski definition) is 18. The Labute approximate surface area is 471 Å². The highest BCUT2D eigenvalue weighted by Crippen LogP contribution is 2.33. The highest BCUT2D eigenvalue weighted by Gasteiger charge is 2.53. The zero-order chi connectivity index (χ0) is 57.6. The summed E-state index contributed by atoms with van der Waals surface area (Å²) in [6.45, 7) is 1.62. The minimum atomic E-state index is -1.98. The van der Waals surface area contributed by atoms with Gasteiger partial charge in [-0.05, 0) is 70.6 Å². The molecule has 3 heterocycles. The first-order valence-electron chi connectivity index (χ1n) is 30.0. The minimum Gasteiger partial charge on any atom is -0.394 e. The van der Waals surface area contributed by atoms with Crippen LogP contribution in [0.2, 0.25) is 0 Å². The molecule has 19 nitrogen and oxygen atoms in total. The second-order valence-electron chi connectivity index (χ2n) is 21.4. The van der Waals surface area contributed by atoms with E-state index in [1.807, 2.05) is 6.08 Å². The van der Waals surface area contributed by atoms with Gasteiger partial charge in [0.2, 0.25) is 5.91 Å². The van der Waals surface area contributed by atoms with E-state index in [9.17, 15) is 61.0 Å². The average Bonchev–Trinajstić information content (AvgIpc) is 3.55. The standard InChI is InChI=1S/C60H105NO18/c1-3-5-7-9-11-13-15-17-19-20-21-22-23-24-25-27-29-31-33-35-37-44(65)43(61-48(66)38-36-34-32-30-28-26-18-16-14-12-10-8-6-4-2)42-74-58-54(72)51(69)56(46(40-63)76-58)79-60-55(73)52(70)57(47(41-64)77-60)78-59-53(71)50(68)49(67)45(39-62)75-59/h10,12,16,18,22-23,27,29,35,37,43-47,49-60,62-65,67-73H,3-9,11,13-15,17,19-21,24-26,28,30-34,36,38-42H2,1-2H3,(H,61,66)/b12-10-,18-16-,23-22+,29-27+,37-35+. The highest BCUT2D eigenvalue weighted by atomic mass is 16.8. The Hall–Kier alpha value is -2.51. The van der Waals surface area contributed by atoms with Crippen LogP contribution in [0.3, 0.4) is 0 Å². The quantitative estimate of drug-likeness (QED) is 0.0274. The number of amides is 1. The minimum absolute atomic E-state index is 0.213. The predicted molar refractivity (Wildman–Crippen MR) is 300 cm³/mol. The van der Waals surface area contributed by atoms with Crippen molar-refractivity contribution in [2.24, 2.45) is 0 Å². The molecule has 17 unspecified atom stereocenters. The van der Waals surface area contributed by atoms with Crippen molar-refractivity contribution in [3.63, 3.8) is 0 Å². The van der Waals surface area contributed by atoms with Crippen molar-refractivity contribution >= 4 is 5.91 Å². The van der Waals surface area contributed by atoms with Crippen LogP contribution in [-0.4, -0.2) is 193 Å². The van der Waals surface area contributed by atoms with Crippen LogP contribution in [0.1, 0.15) is 181 Å². The second-order valence-corrected chi connectivity index (χ2v) is 21.4. The number of allylic oxidation sites excluding steroid dienone is 9. The van der Waals surface area contributed by atoms with Gasteiger partial charge < -0.3 is 89.9 Å². The lowest BCUT2D eigenvalue weighted by molar-refractivity contribution is -0.379. The topological polar surface area (TPSA) is 307 Å². The lowest BCUT2D eigenvalue weighted by Crippen LogP contribution is -2.66. The van der Waals surface area contributed by atoms with Gasteiger partial charge in [-0.25, -0.2) is 0 Å². The molecule has 3 saturated heterocycles. The number of ether oxygens (including phenoxy) is 6. The molecule has 12 N–H and O–H groups in total. The Kier molecular flexibility index (Phi) is 38.7. The van der Waals surface area contributed by atoms with Crippen LogP contribution in [0.5, 0.6) is 0 Å². The van der Waals surface area contributed by atoms with E-state index in [0.29, 0.717) is 12.8 Å². The van der Waals surface area contributed by atoms with E-state index in [1.165, 1.54) is 77.0 Å². The molecule has 458 valence electrons. The third kappa shape index (κ3) is 27.2. The normalized spacial score (nSPS) is 30.7. The maximum absolute atomic E-state index is 13.3. The van der Waals surface area contributed by atoms with Gasteiger partial charge in [0.05, 0.1) is 38.6 Å². The monoisotopic (exact) mass is 1130 g/mol. The zero-order valence-corrected chi connectivity index (χ0v) is 47.6. The summed E-state index contributed by atoms with van der Waals surface area (Å²) in [7, 11) is 0. The number of carbonyl (C=O) groups is 1. The molecule has 3 rings (SSSR count). The van der Waals surface area contributed by atoms with Gasteiger partial charge in [0.15, 0.2) is 18.9 Å². The summed E-state index contributed by atoms with van der Waals surface area (Å²) >= 11 is 0. The molecule has 0 saturated carbocycles. The molecule has 0 aromatic heterocycles. The largest absolute Gasteiger partial charge is 0.394 e. The first-order chi connectivity index (χ1) is 38.3. The van der Waals surface area contributed by atoms with Crippen LogP contribution in [0.15, 0.2) is 60.8 Å². The van der Waals surface area contributed by atoms with Gasteiger partial charge in [-0.15, -0.1) is 0 Å². The molecule has 3 aliphatic heterocycles.